The van der Waals surface area contributed by atoms with Crippen molar-refractivity contribution < 1.29 is 0 Å². The third kappa shape index (κ3) is 1.13. The summed E-state index contributed by atoms with van der Waals surface area (Å²) in [5.74, 6) is 0. The Morgan fingerprint density at radius 3 is 2.77 bits per heavy atom. The monoisotopic (exact) mass is 174 g/mol. The van der Waals surface area contributed by atoms with E-state index in [0.717, 1.165) is 11.9 Å². The van der Waals surface area contributed by atoms with Gasteiger partial charge in [0.05, 0.1) is 5.52 Å². The first-order valence-electron chi connectivity index (χ1n) is 4.67. The molecule has 0 aliphatic carbocycles. The lowest BCUT2D eigenvalue weighted by Gasteiger charge is -2.03. The molecule has 0 aliphatic heterocycles. The van der Waals surface area contributed by atoms with Crippen LogP contribution >= 0.6 is 0 Å². The summed E-state index contributed by atoms with van der Waals surface area (Å²) in [6, 6.07) is 4.25. The second-order valence-corrected chi connectivity index (χ2v) is 3.45. The maximum absolute atomic E-state index is 4.23. The van der Waals surface area contributed by atoms with Crippen molar-refractivity contribution in [3.8, 4) is 0 Å². The third-order valence-electron chi connectivity index (χ3n) is 2.66. The molecule has 0 amide bonds. The number of benzene rings is 1. The molecule has 0 unspecified atom stereocenters. The van der Waals surface area contributed by atoms with Gasteiger partial charge >= 0.3 is 0 Å². The van der Waals surface area contributed by atoms with Crippen molar-refractivity contribution in [3.05, 3.63) is 29.0 Å². The minimum Gasteiger partial charge on any atom is -0.282 e. The van der Waals surface area contributed by atoms with Crippen LogP contribution in [0, 0.1) is 13.8 Å². The highest BCUT2D eigenvalue weighted by atomic mass is 15.1. The standard InChI is InChI=1S/C11H14N2/c1-4-9-5-6-10-11(7(9)2)8(3)12-13-10/h5-6H,4H2,1-3H3,(H,12,13). The van der Waals surface area contributed by atoms with E-state index in [1.807, 2.05) is 0 Å². The molecule has 1 aromatic carbocycles. The van der Waals surface area contributed by atoms with Gasteiger partial charge in [-0.3, -0.25) is 5.10 Å². The summed E-state index contributed by atoms with van der Waals surface area (Å²) in [4.78, 5) is 0. The van der Waals surface area contributed by atoms with Gasteiger partial charge in [0.15, 0.2) is 0 Å². The molecular formula is C11H14N2. The molecule has 68 valence electrons. The van der Waals surface area contributed by atoms with Crippen LogP contribution in [-0.4, -0.2) is 10.2 Å². The van der Waals surface area contributed by atoms with Crippen molar-refractivity contribution in [1.29, 1.82) is 0 Å². The van der Waals surface area contributed by atoms with Gasteiger partial charge in [-0.2, -0.15) is 5.10 Å². The van der Waals surface area contributed by atoms with E-state index in [1.165, 1.54) is 22.2 Å². The molecule has 0 radical (unpaired) electrons. The van der Waals surface area contributed by atoms with Gasteiger partial charge in [-0.1, -0.05) is 13.0 Å². The molecule has 0 fully saturated rings. The van der Waals surface area contributed by atoms with Gasteiger partial charge in [0.1, 0.15) is 0 Å². The molecule has 0 aliphatic rings. The first kappa shape index (κ1) is 8.30. The number of aromatic nitrogens is 2. The van der Waals surface area contributed by atoms with Crippen molar-refractivity contribution >= 4 is 10.9 Å². The fraction of sp³-hybridized carbons (Fsp3) is 0.364. The van der Waals surface area contributed by atoms with Gasteiger partial charge in [0.25, 0.3) is 0 Å². The highest BCUT2D eigenvalue weighted by Gasteiger charge is 2.06. The number of fused-ring (bicyclic) bond motifs is 1. The largest absolute Gasteiger partial charge is 0.282 e. The van der Waals surface area contributed by atoms with Gasteiger partial charge in [0.2, 0.25) is 0 Å². The summed E-state index contributed by atoms with van der Waals surface area (Å²) in [5, 5.41) is 8.54. The highest BCUT2D eigenvalue weighted by molar-refractivity contribution is 5.85. The lowest BCUT2D eigenvalue weighted by Crippen LogP contribution is -1.87. The van der Waals surface area contributed by atoms with Crippen molar-refractivity contribution in [2.75, 3.05) is 0 Å². The van der Waals surface area contributed by atoms with Crippen LogP contribution in [0.3, 0.4) is 0 Å². The van der Waals surface area contributed by atoms with E-state index in [2.05, 4.69) is 43.1 Å². The molecule has 0 atom stereocenters. The zero-order valence-electron chi connectivity index (χ0n) is 8.31. The van der Waals surface area contributed by atoms with Crippen LogP contribution in [0.15, 0.2) is 12.1 Å². The first-order valence-corrected chi connectivity index (χ1v) is 4.67. The zero-order chi connectivity index (χ0) is 9.42. The van der Waals surface area contributed by atoms with Crippen LogP contribution in [0.1, 0.15) is 23.7 Å². The van der Waals surface area contributed by atoms with E-state index in [-0.39, 0.29) is 0 Å². The Kier molecular flexibility index (Phi) is 1.83. The molecule has 0 saturated carbocycles. The van der Waals surface area contributed by atoms with Crippen LogP contribution in [0.25, 0.3) is 10.9 Å². The van der Waals surface area contributed by atoms with Crippen LogP contribution in [0.2, 0.25) is 0 Å². The molecule has 2 rings (SSSR count). The quantitative estimate of drug-likeness (QED) is 0.707. The summed E-state index contributed by atoms with van der Waals surface area (Å²) >= 11 is 0. The molecule has 2 aromatic rings. The molecule has 2 nitrogen and oxygen atoms in total. The number of nitrogens with one attached hydrogen (secondary N) is 1. The molecule has 1 heterocycles. The Morgan fingerprint density at radius 1 is 1.31 bits per heavy atom. The van der Waals surface area contributed by atoms with Gasteiger partial charge in [-0.25, -0.2) is 0 Å². The van der Waals surface area contributed by atoms with E-state index < -0.39 is 0 Å². The number of aromatic amines is 1. The summed E-state index contributed by atoms with van der Waals surface area (Å²) < 4.78 is 0. The predicted molar refractivity (Wildman–Crippen MR) is 54.9 cm³/mol. The highest BCUT2D eigenvalue weighted by Crippen LogP contribution is 2.22. The first-order chi connectivity index (χ1) is 6.24. The summed E-state index contributed by atoms with van der Waals surface area (Å²) in [5.41, 5.74) is 5.03. The van der Waals surface area contributed by atoms with E-state index in [4.69, 9.17) is 0 Å². The second-order valence-electron chi connectivity index (χ2n) is 3.45. The van der Waals surface area contributed by atoms with Gasteiger partial charge in [-0.05, 0) is 37.5 Å². The molecule has 0 bridgehead atoms. The fourth-order valence-electron chi connectivity index (χ4n) is 1.89. The Labute approximate surface area is 78.0 Å². The normalized spacial score (nSPS) is 11.0. The van der Waals surface area contributed by atoms with E-state index in [1.54, 1.807) is 0 Å². The van der Waals surface area contributed by atoms with Gasteiger partial charge in [-0.15, -0.1) is 0 Å². The Balaban J connectivity index is 2.83. The topological polar surface area (TPSA) is 28.7 Å². The number of hydrogen-bond acceptors (Lipinski definition) is 1. The minimum absolute atomic E-state index is 1.08. The average Bonchev–Trinajstić information content (AvgIpc) is 2.49. The maximum atomic E-state index is 4.23. The lowest BCUT2D eigenvalue weighted by molar-refractivity contribution is 1.07. The summed E-state index contributed by atoms with van der Waals surface area (Å²) in [7, 11) is 0. The second kappa shape index (κ2) is 2.87. The molecule has 13 heavy (non-hydrogen) atoms. The number of rotatable bonds is 1. The fourth-order valence-corrected chi connectivity index (χ4v) is 1.89. The molecule has 0 spiro atoms. The number of H-pyrrole nitrogens is 1. The third-order valence-corrected chi connectivity index (χ3v) is 2.66. The van der Waals surface area contributed by atoms with Crippen LogP contribution in [0.5, 0.6) is 0 Å². The molecule has 1 N–H and O–H groups in total. The number of hydrogen-bond donors (Lipinski definition) is 1. The SMILES string of the molecule is CCc1ccc2n[nH]c(C)c2c1C. The van der Waals surface area contributed by atoms with Crippen LogP contribution in [0.4, 0.5) is 0 Å². The van der Waals surface area contributed by atoms with Gasteiger partial charge < -0.3 is 0 Å². The van der Waals surface area contributed by atoms with E-state index >= 15 is 0 Å². The Hall–Kier alpha value is -1.31. The average molecular weight is 174 g/mol. The van der Waals surface area contributed by atoms with Crippen LogP contribution in [-0.2, 0) is 6.42 Å². The smallest absolute Gasteiger partial charge is 0.0926 e. The Morgan fingerprint density at radius 2 is 2.08 bits per heavy atom. The van der Waals surface area contributed by atoms with Crippen molar-refractivity contribution in [3.63, 3.8) is 0 Å². The van der Waals surface area contributed by atoms with Crippen molar-refractivity contribution in [2.45, 2.75) is 27.2 Å². The zero-order valence-corrected chi connectivity index (χ0v) is 8.31. The summed E-state index contributed by atoms with van der Waals surface area (Å²) in [6.45, 7) is 6.43. The molecule has 1 aromatic heterocycles. The van der Waals surface area contributed by atoms with Gasteiger partial charge in [0, 0.05) is 11.1 Å². The lowest BCUT2D eigenvalue weighted by atomic mass is 10.0. The molecule has 2 heteroatoms. The van der Waals surface area contributed by atoms with Crippen LogP contribution < -0.4 is 0 Å². The van der Waals surface area contributed by atoms with E-state index in [0.29, 0.717) is 0 Å². The predicted octanol–water partition coefficient (Wildman–Crippen LogP) is 2.74. The number of nitrogens with zero attached hydrogens (tertiary/aromatic N) is 1. The Bertz CT molecular complexity index is 441. The minimum atomic E-state index is 1.08. The maximum Gasteiger partial charge on any atom is 0.0926 e. The van der Waals surface area contributed by atoms with Crippen molar-refractivity contribution in [1.82, 2.24) is 10.2 Å². The molecular weight excluding hydrogens is 160 g/mol. The van der Waals surface area contributed by atoms with Crippen molar-refractivity contribution in [2.24, 2.45) is 0 Å². The number of aryl methyl sites for hydroxylation is 3. The summed E-state index contributed by atoms with van der Waals surface area (Å²) in [6.07, 6.45) is 1.09. The van der Waals surface area contributed by atoms with E-state index in [9.17, 15) is 0 Å². The molecule has 0 saturated heterocycles.